The fourth-order valence-corrected chi connectivity index (χ4v) is 4.98. The highest BCUT2D eigenvalue weighted by Gasteiger charge is 2.39. The number of piperidine rings is 1. The van der Waals surface area contributed by atoms with E-state index in [-0.39, 0.29) is 5.54 Å². The third-order valence-electron chi connectivity index (χ3n) is 6.86. The average Bonchev–Trinajstić information content (AvgIpc) is 3.30. The molecular formula is C23H45N5O2. The first-order valence-corrected chi connectivity index (χ1v) is 12.3. The van der Waals surface area contributed by atoms with Gasteiger partial charge in [-0.15, -0.1) is 0 Å². The highest BCUT2D eigenvalue weighted by Crippen LogP contribution is 2.31. The number of guanidine groups is 1. The molecule has 0 aromatic rings. The Kier molecular flexibility index (Phi) is 9.68. The Balaban J connectivity index is 1.50. The van der Waals surface area contributed by atoms with E-state index in [1.807, 2.05) is 0 Å². The molecule has 3 fully saturated rings. The topological polar surface area (TPSA) is 61.4 Å². The van der Waals surface area contributed by atoms with Crippen LogP contribution in [0.15, 0.2) is 4.99 Å². The predicted molar refractivity (Wildman–Crippen MR) is 123 cm³/mol. The third-order valence-corrected chi connectivity index (χ3v) is 6.86. The van der Waals surface area contributed by atoms with Gasteiger partial charge in [-0.1, -0.05) is 0 Å². The molecule has 0 spiro atoms. The summed E-state index contributed by atoms with van der Waals surface area (Å²) in [4.78, 5) is 10.3. The lowest BCUT2D eigenvalue weighted by molar-refractivity contribution is -0.0139. The number of aliphatic imine (C=N–C) groups is 1. The van der Waals surface area contributed by atoms with E-state index in [0.29, 0.717) is 12.1 Å². The quantitative estimate of drug-likeness (QED) is 0.437. The number of nitrogens with zero attached hydrogens (tertiary/aromatic N) is 3. The zero-order chi connectivity index (χ0) is 21.2. The van der Waals surface area contributed by atoms with Gasteiger partial charge in [0.25, 0.3) is 0 Å². The van der Waals surface area contributed by atoms with Gasteiger partial charge in [-0.25, -0.2) is 0 Å². The molecule has 0 bridgehead atoms. The Hall–Kier alpha value is -0.890. The molecule has 0 aromatic heterocycles. The molecule has 3 saturated heterocycles. The van der Waals surface area contributed by atoms with E-state index in [1.54, 1.807) is 0 Å². The zero-order valence-electron chi connectivity index (χ0n) is 19.6. The molecule has 0 atom stereocenters. The summed E-state index contributed by atoms with van der Waals surface area (Å²) in [6.45, 7) is 16.5. The maximum absolute atomic E-state index is 5.71. The third kappa shape index (κ3) is 7.08. The molecule has 3 heterocycles. The number of nitrogens with one attached hydrogen (secondary N) is 2. The second-order valence-electron chi connectivity index (χ2n) is 9.41. The van der Waals surface area contributed by atoms with Crippen LogP contribution in [0.5, 0.6) is 0 Å². The molecule has 0 unspecified atom stereocenters. The molecule has 3 rings (SSSR count). The smallest absolute Gasteiger partial charge is 0.191 e. The van der Waals surface area contributed by atoms with E-state index >= 15 is 0 Å². The van der Waals surface area contributed by atoms with Crippen molar-refractivity contribution in [2.24, 2.45) is 4.99 Å². The van der Waals surface area contributed by atoms with Crippen molar-refractivity contribution in [2.45, 2.75) is 77.0 Å². The van der Waals surface area contributed by atoms with Crippen molar-refractivity contribution in [3.05, 3.63) is 0 Å². The summed E-state index contributed by atoms with van der Waals surface area (Å²) in [5.41, 5.74) is 0.191. The molecule has 0 saturated carbocycles. The number of ether oxygens (including phenoxy) is 2. The molecule has 0 amide bonds. The van der Waals surface area contributed by atoms with Crippen molar-refractivity contribution >= 4 is 5.96 Å². The Morgan fingerprint density at radius 1 is 1.13 bits per heavy atom. The highest BCUT2D eigenvalue weighted by molar-refractivity contribution is 5.80. The Morgan fingerprint density at radius 2 is 1.83 bits per heavy atom. The number of rotatable bonds is 9. The zero-order valence-corrected chi connectivity index (χ0v) is 19.6. The number of likely N-dealkylation sites (tertiary alicyclic amines) is 2. The van der Waals surface area contributed by atoms with Crippen molar-refractivity contribution in [1.29, 1.82) is 0 Å². The first kappa shape index (κ1) is 23.8. The minimum absolute atomic E-state index is 0.191. The van der Waals surface area contributed by atoms with Crippen molar-refractivity contribution < 1.29 is 9.47 Å². The second kappa shape index (κ2) is 12.2. The largest absolute Gasteiger partial charge is 0.381 e. The summed E-state index contributed by atoms with van der Waals surface area (Å²) in [6.07, 6.45) is 7.51. The maximum Gasteiger partial charge on any atom is 0.191 e. The van der Waals surface area contributed by atoms with E-state index in [4.69, 9.17) is 14.5 Å². The lowest BCUT2D eigenvalue weighted by Gasteiger charge is -2.43. The van der Waals surface area contributed by atoms with Crippen LogP contribution in [0, 0.1) is 0 Å². The van der Waals surface area contributed by atoms with Crippen molar-refractivity contribution in [3.63, 3.8) is 0 Å². The highest BCUT2D eigenvalue weighted by atomic mass is 16.5. The van der Waals surface area contributed by atoms with Crippen LogP contribution < -0.4 is 10.6 Å². The molecule has 2 N–H and O–H groups in total. The Morgan fingerprint density at radius 3 is 2.47 bits per heavy atom. The number of hydrogen-bond donors (Lipinski definition) is 2. The van der Waals surface area contributed by atoms with E-state index in [1.165, 1.54) is 25.9 Å². The average molecular weight is 424 g/mol. The Labute approximate surface area is 183 Å². The lowest BCUT2D eigenvalue weighted by Crippen LogP contribution is -2.54. The van der Waals surface area contributed by atoms with E-state index in [0.717, 1.165) is 84.2 Å². The van der Waals surface area contributed by atoms with Crippen LogP contribution in [0.25, 0.3) is 0 Å². The van der Waals surface area contributed by atoms with Gasteiger partial charge >= 0.3 is 0 Å². The van der Waals surface area contributed by atoms with Gasteiger partial charge < -0.3 is 25.0 Å². The molecule has 174 valence electrons. The fourth-order valence-electron chi connectivity index (χ4n) is 4.98. The summed E-state index contributed by atoms with van der Waals surface area (Å²) in [5.74, 6) is 0.990. The minimum Gasteiger partial charge on any atom is -0.381 e. The minimum atomic E-state index is 0.191. The molecule has 0 aliphatic carbocycles. The summed E-state index contributed by atoms with van der Waals surface area (Å²) in [5, 5.41) is 7.22. The molecule has 0 aromatic carbocycles. The van der Waals surface area contributed by atoms with Crippen molar-refractivity contribution in [2.75, 3.05) is 65.6 Å². The fraction of sp³-hybridized carbons (Fsp3) is 0.957. The van der Waals surface area contributed by atoms with Gasteiger partial charge in [-0.3, -0.25) is 9.89 Å². The molecule has 0 radical (unpaired) electrons. The standard InChI is InChI=1S/C23H45N5O2/c1-4-24-22(26-21-7-13-27(14-8-21)15-18-30-20(2)3)25-19-23(9-16-29-17-10-23)28-11-5-6-12-28/h20-21H,4-19H2,1-3H3,(H2,24,25,26). The van der Waals surface area contributed by atoms with Gasteiger partial charge in [0.2, 0.25) is 0 Å². The van der Waals surface area contributed by atoms with Gasteiger partial charge in [0.1, 0.15) is 0 Å². The van der Waals surface area contributed by atoms with Crippen LogP contribution in [0.3, 0.4) is 0 Å². The van der Waals surface area contributed by atoms with Crippen molar-refractivity contribution in [1.82, 2.24) is 20.4 Å². The number of hydrogen-bond acceptors (Lipinski definition) is 5. The van der Waals surface area contributed by atoms with Crippen molar-refractivity contribution in [3.8, 4) is 0 Å². The van der Waals surface area contributed by atoms with Crippen LogP contribution in [0.2, 0.25) is 0 Å². The van der Waals surface area contributed by atoms with Crippen LogP contribution in [0.4, 0.5) is 0 Å². The molecule has 30 heavy (non-hydrogen) atoms. The summed E-state index contributed by atoms with van der Waals surface area (Å²) in [7, 11) is 0. The summed E-state index contributed by atoms with van der Waals surface area (Å²) in [6, 6.07) is 0.502. The van der Waals surface area contributed by atoms with Gasteiger partial charge in [0.05, 0.1) is 19.3 Å². The van der Waals surface area contributed by atoms with Crippen LogP contribution in [-0.2, 0) is 9.47 Å². The SMILES string of the molecule is CCNC(=NCC1(N2CCCC2)CCOCC1)NC1CCN(CCOC(C)C)CC1. The molecule has 3 aliphatic rings. The molecule has 3 aliphatic heterocycles. The van der Waals surface area contributed by atoms with Crippen LogP contribution in [0.1, 0.15) is 59.3 Å². The maximum atomic E-state index is 5.71. The van der Waals surface area contributed by atoms with Gasteiger partial charge in [-0.05, 0) is 72.4 Å². The van der Waals surface area contributed by atoms with Crippen LogP contribution >= 0.6 is 0 Å². The van der Waals surface area contributed by atoms with E-state index < -0.39 is 0 Å². The first-order valence-electron chi connectivity index (χ1n) is 12.3. The normalized spacial score (nSPS) is 24.5. The summed E-state index contributed by atoms with van der Waals surface area (Å²) < 4.78 is 11.4. The lowest BCUT2D eigenvalue weighted by atomic mass is 9.88. The monoisotopic (exact) mass is 423 g/mol. The second-order valence-corrected chi connectivity index (χ2v) is 9.41. The van der Waals surface area contributed by atoms with Gasteiger partial charge in [0.15, 0.2) is 5.96 Å². The molecular weight excluding hydrogens is 378 g/mol. The Bertz CT molecular complexity index is 508. The summed E-state index contributed by atoms with van der Waals surface area (Å²) >= 11 is 0. The first-order chi connectivity index (χ1) is 14.6. The van der Waals surface area contributed by atoms with E-state index in [2.05, 4.69) is 41.2 Å². The van der Waals surface area contributed by atoms with Gasteiger partial charge in [-0.2, -0.15) is 0 Å². The van der Waals surface area contributed by atoms with Gasteiger partial charge in [0, 0.05) is 51.0 Å². The van der Waals surface area contributed by atoms with Crippen LogP contribution in [-0.4, -0.2) is 99.1 Å². The molecule has 7 nitrogen and oxygen atoms in total. The predicted octanol–water partition coefficient (Wildman–Crippen LogP) is 2.08. The van der Waals surface area contributed by atoms with E-state index in [9.17, 15) is 0 Å². The molecule has 7 heteroatoms.